The number of nitrogens with zero attached hydrogens (tertiary/aromatic N) is 2. The first-order valence-electron chi connectivity index (χ1n) is 10.1. The number of hydrogen-bond acceptors (Lipinski definition) is 5. The van der Waals surface area contributed by atoms with Crippen molar-refractivity contribution in [2.75, 3.05) is 12.4 Å². The summed E-state index contributed by atoms with van der Waals surface area (Å²) in [5.74, 6) is -1.29. The average molecular weight is 467 g/mol. The SMILES string of the molecule is COc1c(F)ccc2c1C(C)(C)C[C@](O)(C(F)(F)F)[C@@H]2Nc1ccc(F)c2nc(C)ncc12. The van der Waals surface area contributed by atoms with Crippen molar-refractivity contribution in [1.82, 2.24) is 9.97 Å². The standard InChI is InChI=1S/C23H22F5N3O2/c1-11-29-9-13-16(8-7-14(24)18(13)30-11)31-20-12-5-6-15(25)19(33-4)17(12)21(2,3)10-22(20,32)23(26,27)28/h5-9,20,31-32H,10H2,1-4H3/t20-,22-/m1/s1. The highest BCUT2D eigenvalue weighted by atomic mass is 19.4. The molecule has 1 aromatic heterocycles. The molecule has 2 N–H and O–H groups in total. The summed E-state index contributed by atoms with van der Waals surface area (Å²) < 4.78 is 77.0. The van der Waals surface area contributed by atoms with Crippen molar-refractivity contribution in [3.8, 4) is 5.75 Å². The van der Waals surface area contributed by atoms with Gasteiger partial charge in [-0.25, -0.2) is 18.7 Å². The lowest BCUT2D eigenvalue weighted by Gasteiger charge is -2.49. The van der Waals surface area contributed by atoms with Gasteiger partial charge in [-0.15, -0.1) is 0 Å². The molecule has 3 aromatic rings. The molecule has 2 atom stereocenters. The second-order valence-corrected chi connectivity index (χ2v) is 8.88. The zero-order valence-electron chi connectivity index (χ0n) is 18.3. The van der Waals surface area contributed by atoms with E-state index >= 15 is 0 Å². The summed E-state index contributed by atoms with van der Waals surface area (Å²) >= 11 is 0. The first-order chi connectivity index (χ1) is 15.3. The minimum absolute atomic E-state index is 0.0230. The Morgan fingerprint density at radius 3 is 2.42 bits per heavy atom. The smallest absolute Gasteiger partial charge is 0.419 e. The number of fused-ring (bicyclic) bond motifs is 2. The number of halogens is 5. The number of aryl methyl sites for hydroxylation is 1. The van der Waals surface area contributed by atoms with E-state index in [0.717, 1.165) is 12.1 Å². The number of nitrogens with one attached hydrogen (secondary N) is 1. The Bertz CT molecular complexity index is 1240. The van der Waals surface area contributed by atoms with E-state index in [-0.39, 0.29) is 39.3 Å². The fourth-order valence-electron chi connectivity index (χ4n) is 4.75. The number of benzene rings is 2. The molecule has 10 heteroatoms. The Morgan fingerprint density at radius 1 is 1.12 bits per heavy atom. The molecule has 0 saturated heterocycles. The third kappa shape index (κ3) is 3.56. The minimum Gasteiger partial charge on any atom is -0.493 e. The van der Waals surface area contributed by atoms with Gasteiger partial charge in [0.25, 0.3) is 0 Å². The van der Waals surface area contributed by atoms with Crippen LogP contribution in [0.3, 0.4) is 0 Å². The van der Waals surface area contributed by atoms with Crippen LogP contribution in [-0.4, -0.2) is 34.0 Å². The van der Waals surface area contributed by atoms with Gasteiger partial charge in [0.05, 0.1) is 13.2 Å². The van der Waals surface area contributed by atoms with Gasteiger partial charge < -0.3 is 15.2 Å². The summed E-state index contributed by atoms with van der Waals surface area (Å²) in [6.07, 6.45) is -4.50. The Kier molecular flexibility index (Phi) is 5.27. The number of alkyl halides is 3. The maximum absolute atomic E-state index is 14.5. The Labute approximate surface area is 186 Å². The van der Waals surface area contributed by atoms with E-state index in [0.29, 0.717) is 0 Å². The van der Waals surface area contributed by atoms with Crippen molar-refractivity contribution in [3.63, 3.8) is 0 Å². The van der Waals surface area contributed by atoms with Crippen LogP contribution in [0.15, 0.2) is 30.5 Å². The van der Waals surface area contributed by atoms with Crippen molar-refractivity contribution in [3.05, 3.63) is 59.0 Å². The van der Waals surface area contributed by atoms with Gasteiger partial charge in [0.1, 0.15) is 17.2 Å². The molecule has 0 unspecified atom stereocenters. The second kappa shape index (κ2) is 7.51. The molecular formula is C23H22F5N3O2. The van der Waals surface area contributed by atoms with Gasteiger partial charge in [-0.1, -0.05) is 19.9 Å². The predicted octanol–water partition coefficient (Wildman–Crippen LogP) is 5.35. The zero-order chi connectivity index (χ0) is 24.3. The molecule has 0 bridgehead atoms. The highest BCUT2D eigenvalue weighted by molar-refractivity contribution is 5.91. The van der Waals surface area contributed by atoms with E-state index in [4.69, 9.17) is 4.74 Å². The topological polar surface area (TPSA) is 67.3 Å². The van der Waals surface area contributed by atoms with E-state index in [1.807, 2.05) is 0 Å². The minimum atomic E-state index is -5.04. The summed E-state index contributed by atoms with van der Waals surface area (Å²) in [5, 5.41) is 14.0. The van der Waals surface area contributed by atoms with Crippen LogP contribution in [0.2, 0.25) is 0 Å². The first kappa shape index (κ1) is 23.2. The number of anilines is 1. The largest absolute Gasteiger partial charge is 0.493 e. The molecule has 1 aliphatic rings. The molecular weight excluding hydrogens is 445 g/mol. The number of aliphatic hydroxyl groups is 1. The molecule has 1 aliphatic carbocycles. The van der Waals surface area contributed by atoms with Crippen LogP contribution in [0.25, 0.3) is 10.9 Å². The highest BCUT2D eigenvalue weighted by Gasteiger charge is 2.64. The molecule has 2 aromatic carbocycles. The summed E-state index contributed by atoms with van der Waals surface area (Å²) in [6.45, 7) is 4.54. The molecule has 0 amide bonds. The number of hydrogen-bond donors (Lipinski definition) is 2. The van der Waals surface area contributed by atoms with Gasteiger partial charge in [-0.05, 0) is 42.5 Å². The third-order valence-corrected chi connectivity index (χ3v) is 6.14. The summed E-state index contributed by atoms with van der Waals surface area (Å²) in [5.41, 5.74) is -4.25. The van der Waals surface area contributed by atoms with Crippen LogP contribution >= 0.6 is 0 Å². The maximum atomic E-state index is 14.5. The van der Waals surface area contributed by atoms with Crippen molar-refractivity contribution < 1.29 is 31.8 Å². The number of methoxy groups -OCH3 is 1. The van der Waals surface area contributed by atoms with E-state index in [2.05, 4.69) is 15.3 Å². The molecule has 1 heterocycles. The lowest BCUT2D eigenvalue weighted by Crippen LogP contribution is -2.58. The summed E-state index contributed by atoms with van der Waals surface area (Å²) in [7, 11) is 1.23. The van der Waals surface area contributed by atoms with Gasteiger partial charge in [0.15, 0.2) is 17.2 Å². The van der Waals surface area contributed by atoms with Gasteiger partial charge >= 0.3 is 6.18 Å². The van der Waals surface area contributed by atoms with Crippen molar-refractivity contribution in [2.45, 2.75) is 50.4 Å². The van der Waals surface area contributed by atoms with Crippen LogP contribution in [0.4, 0.5) is 27.6 Å². The summed E-state index contributed by atoms with van der Waals surface area (Å²) in [6, 6.07) is 2.79. The fraction of sp³-hybridized carbons (Fsp3) is 0.391. The Hall–Kier alpha value is -3.01. The molecule has 176 valence electrons. The molecule has 0 aliphatic heterocycles. The van der Waals surface area contributed by atoms with E-state index in [9.17, 15) is 27.1 Å². The van der Waals surface area contributed by atoms with Crippen LogP contribution in [0.5, 0.6) is 5.75 Å². The second-order valence-electron chi connectivity index (χ2n) is 8.88. The molecule has 5 nitrogen and oxygen atoms in total. The van der Waals surface area contributed by atoms with Crippen LogP contribution < -0.4 is 10.1 Å². The first-order valence-corrected chi connectivity index (χ1v) is 10.1. The number of aromatic nitrogens is 2. The molecule has 0 fully saturated rings. The van der Waals surface area contributed by atoms with E-state index in [1.165, 1.54) is 39.3 Å². The van der Waals surface area contributed by atoms with Crippen LogP contribution in [0.1, 0.15) is 43.3 Å². The van der Waals surface area contributed by atoms with Gasteiger partial charge in [-0.3, -0.25) is 0 Å². The van der Waals surface area contributed by atoms with Crippen molar-refractivity contribution in [2.24, 2.45) is 0 Å². The zero-order valence-corrected chi connectivity index (χ0v) is 18.3. The number of ether oxygens (including phenoxy) is 1. The summed E-state index contributed by atoms with van der Waals surface area (Å²) in [4.78, 5) is 8.06. The molecule has 0 radical (unpaired) electrons. The predicted molar refractivity (Wildman–Crippen MR) is 112 cm³/mol. The quantitative estimate of drug-likeness (QED) is 0.508. The lowest BCUT2D eigenvalue weighted by molar-refractivity contribution is -0.275. The average Bonchev–Trinajstić information content (AvgIpc) is 2.71. The molecule has 0 saturated carbocycles. The van der Waals surface area contributed by atoms with Crippen LogP contribution in [-0.2, 0) is 5.41 Å². The maximum Gasteiger partial charge on any atom is 0.419 e. The highest BCUT2D eigenvalue weighted by Crippen LogP contribution is 2.56. The third-order valence-electron chi connectivity index (χ3n) is 6.14. The fourth-order valence-corrected chi connectivity index (χ4v) is 4.75. The van der Waals surface area contributed by atoms with E-state index in [1.54, 1.807) is 6.92 Å². The van der Waals surface area contributed by atoms with Crippen molar-refractivity contribution >= 4 is 16.6 Å². The lowest BCUT2D eigenvalue weighted by atomic mass is 9.63. The molecule has 0 spiro atoms. The van der Waals surface area contributed by atoms with Gasteiger partial charge in [0.2, 0.25) is 0 Å². The number of rotatable bonds is 3. The van der Waals surface area contributed by atoms with Crippen molar-refractivity contribution in [1.29, 1.82) is 0 Å². The van der Waals surface area contributed by atoms with Crippen LogP contribution in [0, 0.1) is 18.6 Å². The normalized spacial score (nSPS) is 22.2. The van der Waals surface area contributed by atoms with Gasteiger partial charge in [-0.2, -0.15) is 13.2 Å². The Balaban J connectivity index is 1.98. The van der Waals surface area contributed by atoms with Gasteiger partial charge in [0, 0.05) is 22.8 Å². The van der Waals surface area contributed by atoms with E-state index < -0.39 is 41.3 Å². The molecule has 4 rings (SSSR count). The molecule has 33 heavy (non-hydrogen) atoms. The Morgan fingerprint density at radius 2 is 1.79 bits per heavy atom. The monoisotopic (exact) mass is 467 g/mol.